The van der Waals surface area contributed by atoms with Gasteiger partial charge in [0.05, 0.1) is 0 Å². The summed E-state index contributed by atoms with van der Waals surface area (Å²) in [6, 6.07) is 4.58. The Bertz CT molecular complexity index is 371. The van der Waals surface area contributed by atoms with Gasteiger partial charge in [0.2, 0.25) is 0 Å². The summed E-state index contributed by atoms with van der Waals surface area (Å²) >= 11 is 3.42. The summed E-state index contributed by atoms with van der Waals surface area (Å²) in [5.41, 5.74) is 7.29. The first-order valence-electron chi connectivity index (χ1n) is 6.00. The van der Waals surface area contributed by atoms with Crippen molar-refractivity contribution in [3.8, 4) is 0 Å². The van der Waals surface area contributed by atoms with E-state index in [9.17, 15) is 4.39 Å². The van der Waals surface area contributed by atoms with E-state index in [0.29, 0.717) is 5.41 Å². The molecule has 0 heterocycles. The Labute approximate surface area is 112 Å². The molecule has 0 fully saturated rings. The standard InChI is InChI=1S/C14H21BrFN/c1-14(2,3)8-4-5-13(17)11-9-10(16)6-7-12(11)15/h6-7,9,13H,4-5,8,17H2,1-3H3. The zero-order valence-corrected chi connectivity index (χ0v) is 12.3. The van der Waals surface area contributed by atoms with Gasteiger partial charge in [0.15, 0.2) is 0 Å². The Hall–Kier alpha value is -0.410. The highest BCUT2D eigenvalue weighted by Gasteiger charge is 2.14. The number of benzene rings is 1. The lowest BCUT2D eigenvalue weighted by Crippen LogP contribution is -2.13. The normalized spacial score (nSPS) is 13.8. The first kappa shape index (κ1) is 14.7. The molecule has 17 heavy (non-hydrogen) atoms. The van der Waals surface area contributed by atoms with Gasteiger partial charge in [0.25, 0.3) is 0 Å². The molecule has 1 aromatic carbocycles. The zero-order chi connectivity index (χ0) is 13.1. The van der Waals surface area contributed by atoms with Crippen LogP contribution in [0.4, 0.5) is 4.39 Å². The van der Waals surface area contributed by atoms with Crippen molar-refractivity contribution in [3.63, 3.8) is 0 Å². The smallest absolute Gasteiger partial charge is 0.123 e. The molecule has 1 aromatic rings. The highest BCUT2D eigenvalue weighted by molar-refractivity contribution is 9.10. The van der Waals surface area contributed by atoms with Crippen molar-refractivity contribution in [1.29, 1.82) is 0 Å². The zero-order valence-electron chi connectivity index (χ0n) is 10.8. The maximum Gasteiger partial charge on any atom is 0.123 e. The molecule has 0 aliphatic rings. The van der Waals surface area contributed by atoms with Crippen molar-refractivity contribution in [3.05, 3.63) is 34.1 Å². The molecule has 0 radical (unpaired) electrons. The topological polar surface area (TPSA) is 26.0 Å². The first-order chi connectivity index (χ1) is 7.79. The molecular formula is C14H21BrFN. The lowest BCUT2D eigenvalue weighted by atomic mass is 9.88. The number of nitrogens with two attached hydrogens (primary N) is 1. The minimum absolute atomic E-state index is 0.0950. The van der Waals surface area contributed by atoms with Crippen LogP contribution in [0, 0.1) is 11.2 Å². The Morgan fingerprint density at radius 1 is 1.35 bits per heavy atom. The molecule has 0 aliphatic carbocycles. The van der Waals surface area contributed by atoms with Crippen LogP contribution in [-0.4, -0.2) is 0 Å². The fraction of sp³-hybridized carbons (Fsp3) is 0.571. The predicted molar refractivity (Wildman–Crippen MR) is 74.3 cm³/mol. The van der Waals surface area contributed by atoms with Gasteiger partial charge in [0, 0.05) is 10.5 Å². The highest BCUT2D eigenvalue weighted by atomic mass is 79.9. The third-order valence-corrected chi connectivity index (χ3v) is 3.52. The second kappa shape index (κ2) is 5.96. The quantitative estimate of drug-likeness (QED) is 0.849. The molecule has 1 atom stereocenters. The van der Waals surface area contributed by atoms with E-state index in [1.165, 1.54) is 12.1 Å². The van der Waals surface area contributed by atoms with E-state index in [-0.39, 0.29) is 11.9 Å². The average molecular weight is 302 g/mol. The highest BCUT2D eigenvalue weighted by Crippen LogP contribution is 2.28. The summed E-state index contributed by atoms with van der Waals surface area (Å²) in [5.74, 6) is -0.227. The van der Waals surface area contributed by atoms with Gasteiger partial charge in [-0.1, -0.05) is 43.1 Å². The molecule has 2 N–H and O–H groups in total. The van der Waals surface area contributed by atoms with Gasteiger partial charge in [-0.05, 0) is 42.0 Å². The van der Waals surface area contributed by atoms with Crippen molar-refractivity contribution in [1.82, 2.24) is 0 Å². The molecule has 3 heteroatoms. The first-order valence-corrected chi connectivity index (χ1v) is 6.79. The third-order valence-electron chi connectivity index (χ3n) is 2.80. The lowest BCUT2D eigenvalue weighted by Gasteiger charge is -2.20. The van der Waals surface area contributed by atoms with Crippen molar-refractivity contribution >= 4 is 15.9 Å². The number of rotatable bonds is 4. The fourth-order valence-corrected chi connectivity index (χ4v) is 2.35. The molecule has 1 rings (SSSR count). The molecule has 0 spiro atoms. The summed E-state index contributed by atoms with van der Waals surface area (Å²) in [6.07, 6.45) is 3.08. The minimum atomic E-state index is -0.227. The summed E-state index contributed by atoms with van der Waals surface area (Å²) < 4.78 is 14.0. The van der Waals surface area contributed by atoms with E-state index in [4.69, 9.17) is 5.73 Å². The van der Waals surface area contributed by atoms with E-state index in [1.807, 2.05) is 0 Å². The van der Waals surface area contributed by atoms with E-state index >= 15 is 0 Å². The van der Waals surface area contributed by atoms with E-state index < -0.39 is 0 Å². The molecule has 0 saturated heterocycles. The summed E-state index contributed by atoms with van der Waals surface area (Å²) in [6.45, 7) is 6.66. The third kappa shape index (κ3) is 5.17. The van der Waals surface area contributed by atoms with Gasteiger partial charge >= 0.3 is 0 Å². The summed E-state index contributed by atoms with van der Waals surface area (Å²) in [5, 5.41) is 0. The lowest BCUT2D eigenvalue weighted by molar-refractivity contribution is 0.353. The van der Waals surface area contributed by atoms with E-state index in [0.717, 1.165) is 29.3 Å². The van der Waals surface area contributed by atoms with E-state index in [1.54, 1.807) is 6.07 Å². The van der Waals surface area contributed by atoms with Crippen molar-refractivity contribution in [2.24, 2.45) is 11.1 Å². The van der Waals surface area contributed by atoms with Crippen LogP contribution in [0.5, 0.6) is 0 Å². The molecule has 0 bridgehead atoms. The van der Waals surface area contributed by atoms with Crippen LogP contribution < -0.4 is 5.73 Å². The molecule has 0 saturated carbocycles. The minimum Gasteiger partial charge on any atom is -0.324 e. The van der Waals surface area contributed by atoms with Crippen LogP contribution in [-0.2, 0) is 0 Å². The Kier molecular flexibility index (Phi) is 5.14. The predicted octanol–water partition coefficient (Wildman–Crippen LogP) is 4.80. The van der Waals surface area contributed by atoms with Crippen molar-refractivity contribution < 1.29 is 4.39 Å². The van der Waals surface area contributed by atoms with Crippen LogP contribution >= 0.6 is 15.9 Å². The van der Waals surface area contributed by atoms with Gasteiger partial charge in [-0.15, -0.1) is 0 Å². The molecule has 1 nitrogen and oxygen atoms in total. The summed E-state index contributed by atoms with van der Waals surface area (Å²) in [7, 11) is 0. The van der Waals surface area contributed by atoms with Gasteiger partial charge in [-0.2, -0.15) is 0 Å². The van der Waals surface area contributed by atoms with E-state index in [2.05, 4.69) is 36.7 Å². The Morgan fingerprint density at radius 3 is 2.59 bits per heavy atom. The molecule has 0 aliphatic heterocycles. The fourth-order valence-electron chi connectivity index (χ4n) is 1.81. The molecule has 1 unspecified atom stereocenters. The van der Waals surface area contributed by atoms with Crippen molar-refractivity contribution in [2.45, 2.75) is 46.1 Å². The second-order valence-corrected chi connectivity index (χ2v) is 6.58. The maximum atomic E-state index is 13.1. The number of halogens is 2. The average Bonchev–Trinajstić information content (AvgIpc) is 2.19. The molecule has 0 amide bonds. The van der Waals surface area contributed by atoms with Gasteiger partial charge < -0.3 is 5.73 Å². The van der Waals surface area contributed by atoms with Gasteiger partial charge in [-0.3, -0.25) is 0 Å². The van der Waals surface area contributed by atoms with Gasteiger partial charge in [0.1, 0.15) is 5.82 Å². The SMILES string of the molecule is CC(C)(C)CCCC(N)c1cc(F)ccc1Br. The Balaban J connectivity index is 2.58. The molecule has 0 aromatic heterocycles. The van der Waals surface area contributed by atoms with Crippen LogP contribution in [0.2, 0.25) is 0 Å². The van der Waals surface area contributed by atoms with Crippen LogP contribution in [0.1, 0.15) is 51.6 Å². The largest absolute Gasteiger partial charge is 0.324 e. The van der Waals surface area contributed by atoms with Crippen LogP contribution in [0.25, 0.3) is 0 Å². The monoisotopic (exact) mass is 301 g/mol. The maximum absolute atomic E-state index is 13.1. The number of hydrogen-bond acceptors (Lipinski definition) is 1. The van der Waals surface area contributed by atoms with Crippen LogP contribution in [0.15, 0.2) is 22.7 Å². The second-order valence-electron chi connectivity index (χ2n) is 5.73. The molecule has 96 valence electrons. The van der Waals surface area contributed by atoms with Crippen LogP contribution in [0.3, 0.4) is 0 Å². The summed E-state index contributed by atoms with van der Waals surface area (Å²) in [4.78, 5) is 0. The Morgan fingerprint density at radius 2 is 2.00 bits per heavy atom. The van der Waals surface area contributed by atoms with Crippen molar-refractivity contribution in [2.75, 3.05) is 0 Å². The van der Waals surface area contributed by atoms with Gasteiger partial charge in [-0.25, -0.2) is 4.39 Å². The number of hydrogen-bond donors (Lipinski definition) is 1. The molecular weight excluding hydrogens is 281 g/mol.